The van der Waals surface area contributed by atoms with Gasteiger partial charge in [0.15, 0.2) is 0 Å². The normalized spacial score (nSPS) is 14.0. The molecule has 1 aliphatic heterocycles. The number of hydrogen-bond donors (Lipinski definition) is 1. The summed E-state index contributed by atoms with van der Waals surface area (Å²) in [5.74, 6) is -1.91. The Bertz CT molecular complexity index is 942. The molecule has 1 heterocycles. The third-order valence-electron chi connectivity index (χ3n) is 4.78. The summed E-state index contributed by atoms with van der Waals surface area (Å²) in [6.07, 6.45) is 0.809. The van der Waals surface area contributed by atoms with E-state index in [0.29, 0.717) is 6.54 Å². The topological polar surface area (TPSA) is 110 Å². The van der Waals surface area contributed by atoms with E-state index in [2.05, 4.69) is 5.32 Å². The van der Waals surface area contributed by atoms with E-state index in [0.717, 1.165) is 16.9 Å². The molecule has 8 heteroatoms. The molecule has 3 amide bonds. The maximum Gasteiger partial charge on any atom is 0.282 e. The van der Waals surface area contributed by atoms with Crippen molar-refractivity contribution in [2.24, 2.45) is 0 Å². The number of rotatable bonds is 7. The van der Waals surface area contributed by atoms with Gasteiger partial charge < -0.3 is 5.32 Å². The fourth-order valence-electron chi connectivity index (χ4n) is 3.27. The van der Waals surface area contributed by atoms with E-state index >= 15 is 0 Å². The maximum atomic E-state index is 12.5. The van der Waals surface area contributed by atoms with E-state index in [1.54, 1.807) is 0 Å². The van der Waals surface area contributed by atoms with Gasteiger partial charge in [0, 0.05) is 18.5 Å². The Kier molecular flexibility index (Phi) is 5.49. The standard InChI is InChI=1S/C20H19N3O5/c1-2-13(14-7-4-3-5-8-14)11-21-17(24)12-22-19(25)15-9-6-10-16(23(27)28)18(15)20(22)26/h3-10,13H,2,11-12H2,1H3,(H,21,24)/t13-/m0/s1. The van der Waals surface area contributed by atoms with Crippen LogP contribution in [-0.2, 0) is 4.79 Å². The van der Waals surface area contributed by atoms with Gasteiger partial charge in [-0.05, 0) is 18.1 Å². The van der Waals surface area contributed by atoms with Crippen molar-refractivity contribution < 1.29 is 19.3 Å². The lowest BCUT2D eigenvalue weighted by Crippen LogP contribution is -2.41. The summed E-state index contributed by atoms with van der Waals surface area (Å²) >= 11 is 0. The quantitative estimate of drug-likeness (QED) is 0.450. The molecule has 144 valence electrons. The van der Waals surface area contributed by atoms with Gasteiger partial charge in [0.2, 0.25) is 5.91 Å². The molecule has 0 aliphatic carbocycles. The fourth-order valence-corrected chi connectivity index (χ4v) is 3.27. The van der Waals surface area contributed by atoms with Gasteiger partial charge in [-0.1, -0.05) is 43.3 Å². The van der Waals surface area contributed by atoms with E-state index in [9.17, 15) is 24.5 Å². The number of nitro benzene ring substituents is 1. The van der Waals surface area contributed by atoms with Crippen LogP contribution in [-0.4, -0.2) is 40.6 Å². The van der Waals surface area contributed by atoms with Gasteiger partial charge in [-0.3, -0.25) is 29.4 Å². The van der Waals surface area contributed by atoms with Crippen molar-refractivity contribution in [2.75, 3.05) is 13.1 Å². The first-order valence-electron chi connectivity index (χ1n) is 8.89. The molecule has 1 atom stereocenters. The summed E-state index contributed by atoms with van der Waals surface area (Å²) in [4.78, 5) is 48.4. The van der Waals surface area contributed by atoms with E-state index in [-0.39, 0.29) is 17.0 Å². The number of benzene rings is 2. The molecule has 0 spiro atoms. The summed E-state index contributed by atoms with van der Waals surface area (Å²) in [6.45, 7) is 1.89. The summed E-state index contributed by atoms with van der Waals surface area (Å²) < 4.78 is 0. The molecule has 8 nitrogen and oxygen atoms in total. The van der Waals surface area contributed by atoms with Gasteiger partial charge in [-0.15, -0.1) is 0 Å². The Balaban J connectivity index is 1.68. The molecule has 0 radical (unpaired) electrons. The van der Waals surface area contributed by atoms with Crippen LogP contribution in [0.3, 0.4) is 0 Å². The first-order chi connectivity index (χ1) is 13.4. The molecular formula is C20H19N3O5. The molecule has 0 aromatic heterocycles. The van der Waals surface area contributed by atoms with E-state index in [4.69, 9.17) is 0 Å². The minimum Gasteiger partial charge on any atom is -0.354 e. The third-order valence-corrected chi connectivity index (χ3v) is 4.78. The highest BCUT2D eigenvalue weighted by Gasteiger charge is 2.41. The number of carbonyl (C=O) groups is 3. The van der Waals surface area contributed by atoms with Crippen LogP contribution in [0.1, 0.15) is 45.5 Å². The van der Waals surface area contributed by atoms with Crippen molar-refractivity contribution in [3.05, 3.63) is 75.3 Å². The maximum absolute atomic E-state index is 12.5. The highest BCUT2D eigenvalue weighted by atomic mass is 16.6. The minimum atomic E-state index is -0.822. The van der Waals surface area contributed by atoms with Crippen LogP contribution in [0.2, 0.25) is 0 Å². The van der Waals surface area contributed by atoms with Gasteiger partial charge in [-0.25, -0.2) is 0 Å². The average Bonchev–Trinajstić information content (AvgIpc) is 2.94. The monoisotopic (exact) mass is 381 g/mol. The number of carbonyl (C=O) groups excluding carboxylic acids is 3. The zero-order chi connectivity index (χ0) is 20.3. The SMILES string of the molecule is CC[C@@H](CNC(=O)CN1C(=O)c2cccc([N+](=O)[O-])c2C1=O)c1ccccc1. The molecule has 0 saturated heterocycles. The Labute approximate surface area is 161 Å². The molecule has 2 aromatic rings. The van der Waals surface area contributed by atoms with Crippen LogP contribution in [0.4, 0.5) is 5.69 Å². The lowest BCUT2D eigenvalue weighted by Gasteiger charge is -2.18. The van der Waals surface area contributed by atoms with Crippen LogP contribution < -0.4 is 5.32 Å². The van der Waals surface area contributed by atoms with Crippen molar-refractivity contribution in [3.63, 3.8) is 0 Å². The van der Waals surface area contributed by atoms with Crippen LogP contribution in [0.25, 0.3) is 0 Å². The highest BCUT2D eigenvalue weighted by molar-refractivity contribution is 6.24. The second-order valence-corrected chi connectivity index (χ2v) is 6.47. The van der Waals surface area contributed by atoms with Gasteiger partial charge in [0.05, 0.1) is 10.5 Å². The molecule has 1 aliphatic rings. The first-order valence-corrected chi connectivity index (χ1v) is 8.89. The predicted octanol–water partition coefficient (Wildman–Crippen LogP) is 2.50. The molecule has 1 N–H and O–H groups in total. The molecule has 0 fully saturated rings. The number of fused-ring (bicyclic) bond motifs is 1. The smallest absolute Gasteiger partial charge is 0.282 e. The lowest BCUT2D eigenvalue weighted by atomic mass is 9.96. The Morgan fingerprint density at radius 1 is 1.11 bits per heavy atom. The van der Waals surface area contributed by atoms with Gasteiger partial charge >= 0.3 is 0 Å². The summed E-state index contributed by atoms with van der Waals surface area (Å²) in [6, 6.07) is 13.6. The number of imide groups is 1. The largest absolute Gasteiger partial charge is 0.354 e. The van der Waals surface area contributed by atoms with Crippen molar-refractivity contribution in [3.8, 4) is 0 Å². The van der Waals surface area contributed by atoms with E-state index < -0.39 is 34.9 Å². The molecule has 28 heavy (non-hydrogen) atoms. The van der Waals surface area contributed by atoms with Crippen LogP contribution >= 0.6 is 0 Å². The number of nitro groups is 1. The number of hydrogen-bond acceptors (Lipinski definition) is 5. The third kappa shape index (κ3) is 3.62. The molecular weight excluding hydrogens is 362 g/mol. The van der Waals surface area contributed by atoms with Crippen molar-refractivity contribution in [2.45, 2.75) is 19.3 Å². The summed E-state index contributed by atoms with van der Waals surface area (Å²) in [5.41, 5.74) is 0.333. The Hall–Kier alpha value is -3.55. The van der Waals surface area contributed by atoms with E-state index in [1.165, 1.54) is 18.2 Å². The highest BCUT2D eigenvalue weighted by Crippen LogP contribution is 2.30. The average molecular weight is 381 g/mol. The molecule has 0 unspecified atom stereocenters. The summed E-state index contributed by atoms with van der Waals surface area (Å²) in [7, 11) is 0. The van der Waals surface area contributed by atoms with Crippen molar-refractivity contribution in [1.29, 1.82) is 0 Å². The van der Waals surface area contributed by atoms with Crippen molar-refractivity contribution >= 4 is 23.4 Å². The summed E-state index contributed by atoms with van der Waals surface area (Å²) in [5, 5.41) is 13.9. The zero-order valence-electron chi connectivity index (χ0n) is 15.3. The fraction of sp³-hybridized carbons (Fsp3) is 0.250. The molecule has 3 rings (SSSR count). The van der Waals surface area contributed by atoms with Crippen LogP contribution in [0.5, 0.6) is 0 Å². The number of amides is 3. The number of nitrogens with one attached hydrogen (secondary N) is 1. The molecule has 0 bridgehead atoms. The van der Waals surface area contributed by atoms with Gasteiger partial charge in [0.25, 0.3) is 17.5 Å². The predicted molar refractivity (Wildman–Crippen MR) is 101 cm³/mol. The minimum absolute atomic E-state index is 0.0530. The molecule has 2 aromatic carbocycles. The second kappa shape index (κ2) is 7.99. The molecule has 0 saturated carbocycles. The zero-order valence-corrected chi connectivity index (χ0v) is 15.3. The Morgan fingerprint density at radius 2 is 1.82 bits per heavy atom. The van der Waals surface area contributed by atoms with Gasteiger partial charge in [0.1, 0.15) is 12.1 Å². The lowest BCUT2D eigenvalue weighted by molar-refractivity contribution is -0.385. The first kappa shape index (κ1) is 19.2. The van der Waals surface area contributed by atoms with E-state index in [1.807, 2.05) is 37.3 Å². The Morgan fingerprint density at radius 3 is 2.46 bits per heavy atom. The van der Waals surface area contributed by atoms with Crippen LogP contribution in [0.15, 0.2) is 48.5 Å². The van der Waals surface area contributed by atoms with Gasteiger partial charge in [-0.2, -0.15) is 0 Å². The van der Waals surface area contributed by atoms with Crippen molar-refractivity contribution in [1.82, 2.24) is 10.2 Å². The van der Waals surface area contributed by atoms with Crippen LogP contribution in [0, 0.1) is 10.1 Å². The second-order valence-electron chi connectivity index (χ2n) is 6.47. The number of nitrogens with zero attached hydrogens (tertiary/aromatic N) is 2.